The molecule has 2 rings (SSSR count). The van der Waals surface area contributed by atoms with Gasteiger partial charge in [-0.3, -0.25) is 4.79 Å². The van der Waals surface area contributed by atoms with Gasteiger partial charge in [-0.1, -0.05) is 0 Å². The summed E-state index contributed by atoms with van der Waals surface area (Å²) >= 11 is 3.35. The summed E-state index contributed by atoms with van der Waals surface area (Å²) in [6, 6.07) is 5.51. The van der Waals surface area contributed by atoms with Crippen LogP contribution in [0, 0.1) is 5.92 Å². The second-order valence-electron chi connectivity index (χ2n) is 4.30. The predicted molar refractivity (Wildman–Crippen MR) is 72.1 cm³/mol. The van der Waals surface area contributed by atoms with Gasteiger partial charge in [-0.15, -0.1) is 0 Å². The third-order valence-corrected chi connectivity index (χ3v) is 3.65. The van der Waals surface area contributed by atoms with Gasteiger partial charge in [0.25, 0.3) is 0 Å². The number of hydrogen-bond donors (Lipinski definition) is 3. The second kappa shape index (κ2) is 5.51. The van der Waals surface area contributed by atoms with E-state index in [0.29, 0.717) is 11.5 Å². The molecular formula is C12H16BrN3O. The van der Waals surface area contributed by atoms with Gasteiger partial charge >= 0.3 is 0 Å². The molecule has 92 valence electrons. The molecule has 1 heterocycles. The Morgan fingerprint density at radius 1 is 1.59 bits per heavy atom. The van der Waals surface area contributed by atoms with Crippen LogP contribution in [0.5, 0.6) is 0 Å². The highest BCUT2D eigenvalue weighted by molar-refractivity contribution is 9.10. The summed E-state index contributed by atoms with van der Waals surface area (Å²) < 4.78 is 0.736. The fourth-order valence-electron chi connectivity index (χ4n) is 1.98. The quantitative estimate of drug-likeness (QED) is 0.790. The zero-order chi connectivity index (χ0) is 12.3. The first kappa shape index (κ1) is 12.4. The van der Waals surface area contributed by atoms with Gasteiger partial charge < -0.3 is 16.4 Å². The van der Waals surface area contributed by atoms with Gasteiger partial charge in [-0.25, -0.2) is 0 Å². The molecule has 1 aromatic rings. The molecular weight excluding hydrogens is 282 g/mol. The third-order valence-electron chi connectivity index (χ3n) is 2.99. The first-order valence-corrected chi connectivity index (χ1v) is 6.50. The summed E-state index contributed by atoms with van der Waals surface area (Å²) in [5.41, 5.74) is 6.76. The minimum absolute atomic E-state index is 0.414. The van der Waals surface area contributed by atoms with Gasteiger partial charge in [0.05, 0.1) is 5.56 Å². The van der Waals surface area contributed by atoms with Crippen molar-refractivity contribution in [2.45, 2.75) is 6.42 Å². The number of rotatable bonds is 4. The molecule has 0 saturated carbocycles. The van der Waals surface area contributed by atoms with E-state index < -0.39 is 5.91 Å². The van der Waals surface area contributed by atoms with Crippen molar-refractivity contribution >= 4 is 27.5 Å². The Kier molecular flexibility index (Phi) is 4.02. The molecule has 0 radical (unpaired) electrons. The zero-order valence-electron chi connectivity index (χ0n) is 9.50. The van der Waals surface area contributed by atoms with Crippen LogP contribution < -0.4 is 16.4 Å². The van der Waals surface area contributed by atoms with Crippen LogP contribution in [0.25, 0.3) is 0 Å². The molecule has 5 heteroatoms. The highest BCUT2D eigenvalue weighted by atomic mass is 79.9. The Balaban J connectivity index is 1.97. The van der Waals surface area contributed by atoms with E-state index in [1.807, 2.05) is 12.1 Å². The number of anilines is 1. The highest BCUT2D eigenvalue weighted by Gasteiger charge is 2.14. The van der Waals surface area contributed by atoms with E-state index in [2.05, 4.69) is 26.6 Å². The average Bonchev–Trinajstić information content (AvgIpc) is 2.78. The van der Waals surface area contributed by atoms with E-state index >= 15 is 0 Å². The van der Waals surface area contributed by atoms with Crippen LogP contribution >= 0.6 is 15.9 Å². The maximum absolute atomic E-state index is 11.1. The molecule has 1 amide bonds. The number of halogens is 1. The predicted octanol–water partition coefficient (Wildman–Crippen LogP) is 1.57. The first-order chi connectivity index (χ1) is 8.16. The van der Waals surface area contributed by atoms with Gasteiger partial charge in [0.15, 0.2) is 0 Å². The molecule has 1 saturated heterocycles. The molecule has 0 aliphatic carbocycles. The van der Waals surface area contributed by atoms with Crippen molar-refractivity contribution in [3.8, 4) is 0 Å². The number of benzene rings is 1. The maximum Gasteiger partial charge on any atom is 0.249 e. The number of nitrogens with one attached hydrogen (secondary N) is 2. The molecule has 1 aromatic carbocycles. The van der Waals surface area contributed by atoms with E-state index in [-0.39, 0.29) is 0 Å². The number of carbonyl (C=O) groups is 1. The van der Waals surface area contributed by atoms with Crippen molar-refractivity contribution in [3.05, 3.63) is 28.2 Å². The van der Waals surface area contributed by atoms with Crippen LogP contribution in [0.4, 0.5) is 5.69 Å². The van der Waals surface area contributed by atoms with Gasteiger partial charge in [-0.2, -0.15) is 0 Å². The molecule has 0 aromatic heterocycles. The molecule has 0 bridgehead atoms. The highest BCUT2D eigenvalue weighted by Crippen LogP contribution is 2.21. The molecule has 4 nitrogen and oxygen atoms in total. The summed E-state index contributed by atoms with van der Waals surface area (Å²) in [6.07, 6.45) is 1.22. The van der Waals surface area contributed by atoms with E-state index in [4.69, 9.17) is 5.73 Å². The minimum atomic E-state index is -0.414. The fourth-order valence-corrected chi connectivity index (χ4v) is 2.55. The topological polar surface area (TPSA) is 67.2 Å². The number of carbonyl (C=O) groups excluding carboxylic acids is 1. The first-order valence-electron chi connectivity index (χ1n) is 5.71. The Labute approximate surface area is 109 Å². The van der Waals surface area contributed by atoms with Gasteiger partial charge in [0.1, 0.15) is 0 Å². The van der Waals surface area contributed by atoms with Crippen LogP contribution in [-0.2, 0) is 0 Å². The SMILES string of the molecule is NC(=O)c1ccc(NCC2CCNC2)cc1Br. The third kappa shape index (κ3) is 3.20. The lowest BCUT2D eigenvalue weighted by Gasteiger charge is -2.12. The Hall–Kier alpha value is -1.07. The summed E-state index contributed by atoms with van der Waals surface area (Å²) in [4.78, 5) is 11.1. The lowest BCUT2D eigenvalue weighted by atomic mass is 10.1. The van der Waals surface area contributed by atoms with Crippen LogP contribution in [-0.4, -0.2) is 25.5 Å². The summed E-state index contributed by atoms with van der Waals surface area (Å²) in [5.74, 6) is 0.271. The van der Waals surface area contributed by atoms with Crippen LogP contribution in [0.2, 0.25) is 0 Å². The van der Waals surface area contributed by atoms with E-state index in [9.17, 15) is 4.79 Å². The summed E-state index contributed by atoms with van der Waals surface area (Å²) in [7, 11) is 0. The molecule has 1 unspecified atom stereocenters. The second-order valence-corrected chi connectivity index (χ2v) is 5.15. The van der Waals surface area contributed by atoms with Gasteiger partial charge in [0, 0.05) is 16.7 Å². The molecule has 0 spiro atoms. The van der Waals surface area contributed by atoms with E-state index in [0.717, 1.165) is 29.8 Å². The largest absolute Gasteiger partial charge is 0.385 e. The minimum Gasteiger partial charge on any atom is -0.385 e. The van der Waals surface area contributed by atoms with E-state index in [1.54, 1.807) is 6.07 Å². The summed E-state index contributed by atoms with van der Waals surface area (Å²) in [6.45, 7) is 3.14. The lowest BCUT2D eigenvalue weighted by Crippen LogP contribution is -2.17. The maximum atomic E-state index is 11.1. The normalized spacial score (nSPS) is 19.2. The fraction of sp³-hybridized carbons (Fsp3) is 0.417. The van der Waals surface area contributed by atoms with Crippen molar-refractivity contribution < 1.29 is 4.79 Å². The van der Waals surface area contributed by atoms with Crippen LogP contribution in [0.15, 0.2) is 22.7 Å². The van der Waals surface area contributed by atoms with Crippen molar-refractivity contribution in [1.82, 2.24) is 5.32 Å². The Morgan fingerprint density at radius 2 is 2.41 bits per heavy atom. The number of hydrogen-bond acceptors (Lipinski definition) is 3. The van der Waals surface area contributed by atoms with Crippen molar-refractivity contribution in [2.75, 3.05) is 25.0 Å². The van der Waals surface area contributed by atoms with Crippen molar-refractivity contribution in [3.63, 3.8) is 0 Å². The number of primary amides is 1. The molecule has 1 fully saturated rings. The average molecular weight is 298 g/mol. The standard InChI is InChI=1S/C12H16BrN3O/c13-11-5-9(1-2-10(11)12(14)17)16-7-8-3-4-15-6-8/h1-2,5,8,15-16H,3-4,6-7H2,(H2,14,17). The van der Waals surface area contributed by atoms with Gasteiger partial charge in [-0.05, 0) is 59.6 Å². The van der Waals surface area contributed by atoms with Crippen LogP contribution in [0.3, 0.4) is 0 Å². The Bertz CT molecular complexity index is 416. The van der Waals surface area contributed by atoms with Crippen molar-refractivity contribution in [2.24, 2.45) is 11.7 Å². The molecule has 1 aliphatic rings. The molecule has 1 atom stereocenters. The van der Waals surface area contributed by atoms with Crippen LogP contribution in [0.1, 0.15) is 16.8 Å². The lowest BCUT2D eigenvalue weighted by molar-refractivity contribution is 0.0999. The number of nitrogens with two attached hydrogens (primary N) is 1. The number of amides is 1. The Morgan fingerprint density at radius 3 is 3.00 bits per heavy atom. The smallest absolute Gasteiger partial charge is 0.249 e. The van der Waals surface area contributed by atoms with E-state index in [1.165, 1.54) is 6.42 Å². The monoisotopic (exact) mass is 297 g/mol. The molecule has 17 heavy (non-hydrogen) atoms. The van der Waals surface area contributed by atoms with Crippen molar-refractivity contribution in [1.29, 1.82) is 0 Å². The summed E-state index contributed by atoms with van der Waals surface area (Å²) in [5, 5.41) is 6.71. The molecule has 1 aliphatic heterocycles. The zero-order valence-corrected chi connectivity index (χ0v) is 11.1. The van der Waals surface area contributed by atoms with Gasteiger partial charge in [0.2, 0.25) is 5.91 Å². The molecule has 4 N–H and O–H groups in total.